The van der Waals surface area contributed by atoms with Crippen LogP contribution in [0.3, 0.4) is 0 Å². The highest BCUT2D eigenvalue weighted by molar-refractivity contribution is 5.91. The molecule has 1 aromatic heterocycles. The smallest absolute Gasteiger partial charge is 0.230 e. The number of carbonyl (C=O) groups excluding carboxylic acids is 1. The molecule has 0 spiro atoms. The summed E-state index contributed by atoms with van der Waals surface area (Å²) in [5.74, 6) is 2.25. The van der Waals surface area contributed by atoms with Gasteiger partial charge in [-0.15, -0.1) is 12.4 Å². The summed E-state index contributed by atoms with van der Waals surface area (Å²) in [5, 5.41) is 10.8. The number of anilines is 1. The molecule has 0 aromatic carbocycles. The summed E-state index contributed by atoms with van der Waals surface area (Å²) in [6.07, 6.45) is 4.03. The number of piperidine rings is 1. The third-order valence-electron chi connectivity index (χ3n) is 4.46. The second-order valence-corrected chi connectivity index (χ2v) is 6.57. The predicted octanol–water partition coefficient (Wildman–Crippen LogP) is 2.71. The van der Waals surface area contributed by atoms with Gasteiger partial charge in [-0.3, -0.25) is 10.1 Å². The van der Waals surface area contributed by atoms with Crippen molar-refractivity contribution in [2.45, 2.75) is 52.4 Å². The highest BCUT2D eigenvalue weighted by Gasteiger charge is 2.25. The summed E-state index contributed by atoms with van der Waals surface area (Å²) >= 11 is 0. The molecule has 132 valence electrons. The van der Waals surface area contributed by atoms with Crippen LogP contribution >= 0.6 is 12.4 Å². The van der Waals surface area contributed by atoms with Crippen molar-refractivity contribution in [2.24, 2.45) is 18.9 Å². The number of carbonyl (C=O) groups is 1. The van der Waals surface area contributed by atoms with Crippen molar-refractivity contribution in [1.29, 1.82) is 0 Å². The first-order chi connectivity index (χ1) is 10.5. The van der Waals surface area contributed by atoms with E-state index >= 15 is 0 Å². The van der Waals surface area contributed by atoms with Gasteiger partial charge in [-0.2, -0.15) is 10.1 Å². The standard InChI is InChI=1S/C16H29N5O.ClH/c1-5-6-13(11(2)3)15(22)19-16-18-14(20-21(16)4)12-7-9-17-10-8-12;/h11-13,17H,5-10H2,1-4H3,(H,18,19,20,22);1H. The van der Waals surface area contributed by atoms with Gasteiger partial charge in [0, 0.05) is 18.9 Å². The maximum absolute atomic E-state index is 12.5. The van der Waals surface area contributed by atoms with Crippen LogP contribution in [0, 0.1) is 11.8 Å². The van der Waals surface area contributed by atoms with Gasteiger partial charge < -0.3 is 5.32 Å². The van der Waals surface area contributed by atoms with Gasteiger partial charge in [0.2, 0.25) is 11.9 Å². The molecule has 1 unspecified atom stereocenters. The Kier molecular flexibility index (Phi) is 7.99. The monoisotopic (exact) mass is 343 g/mol. The SMILES string of the molecule is CCCC(C(=O)Nc1nc(C2CCNCC2)nn1C)C(C)C.Cl. The molecular formula is C16H30ClN5O. The molecule has 7 heteroatoms. The molecule has 1 fully saturated rings. The Hall–Kier alpha value is -1.14. The third-order valence-corrected chi connectivity index (χ3v) is 4.46. The van der Waals surface area contributed by atoms with Gasteiger partial charge in [-0.25, -0.2) is 4.68 Å². The quantitative estimate of drug-likeness (QED) is 0.833. The van der Waals surface area contributed by atoms with Crippen molar-refractivity contribution in [3.63, 3.8) is 0 Å². The van der Waals surface area contributed by atoms with E-state index in [9.17, 15) is 4.79 Å². The molecule has 0 aliphatic carbocycles. The Labute approximate surface area is 145 Å². The Morgan fingerprint density at radius 2 is 2.04 bits per heavy atom. The van der Waals surface area contributed by atoms with E-state index in [4.69, 9.17) is 0 Å². The number of aryl methyl sites for hydroxylation is 1. The zero-order valence-electron chi connectivity index (χ0n) is 14.6. The lowest BCUT2D eigenvalue weighted by atomic mass is 9.91. The summed E-state index contributed by atoms with van der Waals surface area (Å²) < 4.78 is 1.69. The summed E-state index contributed by atoms with van der Waals surface area (Å²) in [5.41, 5.74) is 0. The van der Waals surface area contributed by atoms with E-state index in [2.05, 4.69) is 41.5 Å². The lowest BCUT2D eigenvalue weighted by molar-refractivity contribution is -0.121. The lowest BCUT2D eigenvalue weighted by Crippen LogP contribution is -2.28. The minimum absolute atomic E-state index is 0. The van der Waals surface area contributed by atoms with Gasteiger partial charge >= 0.3 is 0 Å². The molecule has 23 heavy (non-hydrogen) atoms. The lowest BCUT2D eigenvalue weighted by Gasteiger charge is -2.19. The van der Waals surface area contributed by atoms with Gasteiger partial charge in [0.1, 0.15) is 0 Å². The molecule has 2 rings (SSSR count). The molecular weight excluding hydrogens is 314 g/mol. The molecule has 1 aromatic rings. The first-order valence-electron chi connectivity index (χ1n) is 8.45. The predicted molar refractivity (Wildman–Crippen MR) is 95.0 cm³/mol. The second-order valence-electron chi connectivity index (χ2n) is 6.57. The van der Waals surface area contributed by atoms with E-state index in [1.807, 2.05) is 7.05 Å². The fraction of sp³-hybridized carbons (Fsp3) is 0.812. The van der Waals surface area contributed by atoms with Crippen molar-refractivity contribution < 1.29 is 4.79 Å². The number of aromatic nitrogens is 3. The minimum Gasteiger partial charge on any atom is -0.317 e. The van der Waals surface area contributed by atoms with Crippen molar-refractivity contribution in [3.05, 3.63) is 5.82 Å². The van der Waals surface area contributed by atoms with E-state index in [1.54, 1.807) is 4.68 Å². The van der Waals surface area contributed by atoms with Crippen molar-refractivity contribution >= 4 is 24.3 Å². The normalized spacial score (nSPS) is 16.9. The zero-order valence-corrected chi connectivity index (χ0v) is 15.4. The van der Waals surface area contributed by atoms with E-state index in [1.165, 1.54) is 0 Å². The van der Waals surface area contributed by atoms with Crippen LogP contribution < -0.4 is 10.6 Å². The van der Waals surface area contributed by atoms with Crippen LogP contribution in [0.25, 0.3) is 0 Å². The van der Waals surface area contributed by atoms with Crippen molar-refractivity contribution in [3.8, 4) is 0 Å². The summed E-state index contributed by atoms with van der Waals surface area (Å²) in [6, 6.07) is 0. The molecule has 2 heterocycles. The van der Waals surface area contributed by atoms with E-state index in [0.717, 1.165) is 44.6 Å². The maximum atomic E-state index is 12.5. The van der Waals surface area contributed by atoms with Crippen molar-refractivity contribution in [1.82, 2.24) is 20.1 Å². The summed E-state index contributed by atoms with van der Waals surface area (Å²) in [6.45, 7) is 8.32. The maximum Gasteiger partial charge on any atom is 0.230 e. The highest BCUT2D eigenvalue weighted by Crippen LogP contribution is 2.24. The number of halogens is 1. The fourth-order valence-corrected chi connectivity index (χ4v) is 3.05. The van der Waals surface area contributed by atoms with Crippen LogP contribution in [0.1, 0.15) is 58.2 Å². The van der Waals surface area contributed by atoms with Crippen molar-refractivity contribution in [2.75, 3.05) is 18.4 Å². The van der Waals surface area contributed by atoms with Gasteiger partial charge in [0.25, 0.3) is 0 Å². The Morgan fingerprint density at radius 3 is 2.61 bits per heavy atom. The van der Waals surface area contributed by atoms with Crippen LogP contribution in [-0.2, 0) is 11.8 Å². The average molecular weight is 344 g/mol. The number of rotatable bonds is 6. The Bertz CT molecular complexity index is 497. The topological polar surface area (TPSA) is 71.8 Å². The third kappa shape index (κ3) is 5.18. The Balaban J connectivity index is 0.00000264. The molecule has 6 nitrogen and oxygen atoms in total. The largest absolute Gasteiger partial charge is 0.317 e. The number of hydrogen-bond donors (Lipinski definition) is 2. The average Bonchev–Trinajstić information content (AvgIpc) is 2.86. The molecule has 1 aliphatic heterocycles. The molecule has 1 saturated heterocycles. The van der Waals surface area contributed by atoms with Crippen LogP contribution in [0.5, 0.6) is 0 Å². The molecule has 0 bridgehead atoms. The fourth-order valence-electron chi connectivity index (χ4n) is 3.05. The van der Waals surface area contributed by atoms with E-state index in [-0.39, 0.29) is 24.2 Å². The second kappa shape index (κ2) is 9.23. The molecule has 2 N–H and O–H groups in total. The number of amides is 1. The molecule has 1 atom stereocenters. The zero-order chi connectivity index (χ0) is 16.1. The Morgan fingerprint density at radius 1 is 1.39 bits per heavy atom. The van der Waals surface area contributed by atoms with Crippen LogP contribution in [0.2, 0.25) is 0 Å². The first kappa shape index (κ1) is 19.9. The first-order valence-corrected chi connectivity index (χ1v) is 8.45. The number of hydrogen-bond acceptors (Lipinski definition) is 4. The number of nitrogens with one attached hydrogen (secondary N) is 2. The number of nitrogens with zero attached hydrogens (tertiary/aromatic N) is 3. The molecule has 1 aliphatic rings. The van der Waals surface area contributed by atoms with Gasteiger partial charge in [0.15, 0.2) is 5.82 Å². The molecule has 1 amide bonds. The summed E-state index contributed by atoms with van der Waals surface area (Å²) in [4.78, 5) is 17.0. The van der Waals surface area contributed by atoms with E-state index in [0.29, 0.717) is 17.8 Å². The van der Waals surface area contributed by atoms with Gasteiger partial charge in [0.05, 0.1) is 0 Å². The molecule has 0 radical (unpaired) electrons. The van der Waals surface area contributed by atoms with Crippen LogP contribution in [-0.4, -0.2) is 33.8 Å². The van der Waals surface area contributed by atoms with Crippen LogP contribution in [0.15, 0.2) is 0 Å². The molecule has 0 saturated carbocycles. The highest BCUT2D eigenvalue weighted by atomic mass is 35.5. The van der Waals surface area contributed by atoms with Gasteiger partial charge in [-0.1, -0.05) is 27.2 Å². The van der Waals surface area contributed by atoms with Gasteiger partial charge in [-0.05, 0) is 38.3 Å². The van der Waals surface area contributed by atoms with Crippen LogP contribution in [0.4, 0.5) is 5.95 Å². The minimum atomic E-state index is 0. The van der Waals surface area contributed by atoms with E-state index < -0.39 is 0 Å². The summed E-state index contributed by atoms with van der Waals surface area (Å²) in [7, 11) is 1.84.